The third-order valence-corrected chi connectivity index (χ3v) is 14.1. The van der Waals surface area contributed by atoms with Gasteiger partial charge in [0.05, 0.1) is 16.7 Å². The maximum atomic E-state index is 5.27. The number of benzene rings is 8. The Bertz CT molecular complexity index is 3640. The lowest BCUT2D eigenvalue weighted by molar-refractivity contribution is 0.660. The smallest absolute Gasteiger partial charge is 0.164 e. The van der Waals surface area contributed by atoms with E-state index in [0.29, 0.717) is 17.5 Å². The summed E-state index contributed by atoms with van der Waals surface area (Å²) in [5, 5.41) is 3.71. The topological polar surface area (TPSA) is 48.5 Å². The molecule has 0 saturated carbocycles. The van der Waals surface area contributed by atoms with Crippen molar-refractivity contribution in [2.75, 3.05) is 0 Å². The largest absolute Gasteiger partial charge is 0.295 e. The number of aromatic nitrogens is 5. The molecule has 0 radical (unpaired) electrons. The summed E-state index contributed by atoms with van der Waals surface area (Å²) in [5.41, 5.74) is 16.1. The molecule has 292 valence electrons. The van der Waals surface area contributed by atoms with Crippen LogP contribution in [0.3, 0.4) is 0 Å². The van der Waals surface area contributed by atoms with Crippen molar-refractivity contribution < 1.29 is 0 Å². The average Bonchev–Trinajstić information content (AvgIpc) is 3.93. The van der Waals surface area contributed by atoms with E-state index >= 15 is 0 Å². The number of hydrogen-bond donors (Lipinski definition) is 0. The quantitative estimate of drug-likeness (QED) is 0.174. The van der Waals surface area contributed by atoms with Crippen LogP contribution in [0.4, 0.5) is 0 Å². The fourth-order valence-electron chi connectivity index (χ4n) is 10.1. The molecule has 0 amide bonds. The van der Waals surface area contributed by atoms with Crippen molar-refractivity contribution >= 4 is 44.6 Å². The molecule has 11 aromatic rings. The fourth-order valence-corrected chi connectivity index (χ4v) is 11.2. The Morgan fingerprint density at radius 2 is 1.05 bits per heavy atom. The first-order chi connectivity index (χ1) is 30.5. The van der Waals surface area contributed by atoms with Crippen molar-refractivity contribution in [2.24, 2.45) is 0 Å². The molecule has 1 aliphatic carbocycles. The van der Waals surface area contributed by atoms with Gasteiger partial charge in [0, 0.05) is 53.7 Å². The van der Waals surface area contributed by atoms with Gasteiger partial charge < -0.3 is 0 Å². The van der Waals surface area contributed by atoms with Crippen LogP contribution >= 0.6 is 11.8 Å². The van der Waals surface area contributed by atoms with Crippen molar-refractivity contribution in [1.82, 2.24) is 24.1 Å². The second-order valence-electron chi connectivity index (χ2n) is 16.8. The Hall–Kier alpha value is -7.54. The van der Waals surface area contributed by atoms with Crippen molar-refractivity contribution in [3.8, 4) is 67.8 Å². The summed E-state index contributed by atoms with van der Waals surface area (Å²) in [6.45, 7) is 4.62. The Morgan fingerprint density at radius 3 is 1.89 bits per heavy atom. The fraction of sp³-hybridized carbons (Fsp3) is 0.0536. The van der Waals surface area contributed by atoms with Gasteiger partial charge in [-0.1, -0.05) is 165 Å². The molecular formula is C56H37N5S. The van der Waals surface area contributed by atoms with Gasteiger partial charge in [-0.05, 0) is 81.9 Å². The molecule has 3 aromatic heterocycles. The van der Waals surface area contributed by atoms with Gasteiger partial charge >= 0.3 is 0 Å². The van der Waals surface area contributed by atoms with Gasteiger partial charge in [0.15, 0.2) is 17.5 Å². The number of fused-ring (bicyclic) bond motifs is 10. The van der Waals surface area contributed by atoms with Gasteiger partial charge in [-0.2, -0.15) is 0 Å². The van der Waals surface area contributed by atoms with E-state index in [9.17, 15) is 0 Å². The summed E-state index contributed by atoms with van der Waals surface area (Å²) in [6.07, 6.45) is 0. The zero-order chi connectivity index (χ0) is 41.1. The molecule has 0 spiro atoms. The Kier molecular flexibility index (Phi) is 7.52. The molecule has 0 unspecified atom stereocenters. The van der Waals surface area contributed by atoms with Crippen LogP contribution in [0, 0.1) is 0 Å². The van der Waals surface area contributed by atoms with Crippen molar-refractivity contribution in [1.29, 1.82) is 0 Å². The number of nitrogens with zero attached hydrogens (tertiary/aromatic N) is 5. The third-order valence-electron chi connectivity index (χ3n) is 13.0. The van der Waals surface area contributed by atoms with Crippen LogP contribution in [0.5, 0.6) is 0 Å². The minimum atomic E-state index is -0.0856. The number of rotatable bonds is 5. The summed E-state index contributed by atoms with van der Waals surface area (Å²) < 4.78 is 4.95. The Morgan fingerprint density at radius 1 is 0.435 bits per heavy atom. The summed E-state index contributed by atoms with van der Waals surface area (Å²) in [5.74, 6) is 1.94. The molecule has 0 saturated heterocycles. The van der Waals surface area contributed by atoms with Gasteiger partial charge in [-0.15, -0.1) is 0 Å². The first-order valence-electron chi connectivity index (χ1n) is 21.1. The second-order valence-corrected chi connectivity index (χ2v) is 17.9. The monoisotopic (exact) mass is 811 g/mol. The van der Waals surface area contributed by atoms with E-state index < -0.39 is 0 Å². The maximum absolute atomic E-state index is 5.27. The van der Waals surface area contributed by atoms with Gasteiger partial charge in [-0.25, -0.2) is 15.0 Å². The molecule has 0 atom stereocenters. The number of para-hydroxylation sites is 3. The predicted molar refractivity (Wildman–Crippen MR) is 254 cm³/mol. The Labute approximate surface area is 363 Å². The van der Waals surface area contributed by atoms with Crippen LogP contribution in [0.25, 0.3) is 101 Å². The summed E-state index contributed by atoms with van der Waals surface area (Å²) in [4.78, 5) is 18.1. The van der Waals surface area contributed by atoms with Gasteiger partial charge in [0.1, 0.15) is 5.65 Å². The molecule has 13 rings (SSSR count). The molecule has 4 heterocycles. The highest BCUT2D eigenvalue weighted by atomic mass is 32.2. The zero-order valence-electron chi connectivity index (χ0n) is 34.0. The first kappa shape index (κ1) is 35.2. The SMILES string of the molecule is CC1(C)c2ccccc2-c2cc(-c3nc(-c4ccccc4)nc(-c4cccc(-c5cccc6c5c5c7cccc8c7n(c5n6-c5ccccc5)-c5ccccc5S8)c4)n3)ccc21. The van der Waals surface area contributed by atoms with Crippen LogP contribution in [-0.4, -0.2) is 24.1 Å². The van der Waals surface area contributed by atoms with Crippen LogP contribution in [0.2, 0.25) is 0 Å². The lowest BCUT2D eigenvalue weighted by atomic mass is 9.82. The van der Waals surface area contributed by atoms with E-state index in [0.717, 1.165) is 39.0 Å². The minimum Gasteiger partial charge on any atom is -0.295 e. The highest BCUT2D eigenvalue weighted by molar-refractivity contribution is 7.99. The minimum absolute atomic E-state index is 0.0856. The molecule has 2 aliphatic rings. The van der Waals surface area contributed by atoms with E-state index in [4.69, 9.17) is 15.0 Å². The zero-order valence-corrected chi connectivity index (χ0v) is 34.9. The summed E-state index contributed by atoms with van der Waals surface area (Å²) in [7, 11) is 0. The van der Waals surface area contributed by atoms with Crippen molar-refractivity contribution in [2.45, 2.75) is 29.1 Å². The van der Waals surface area contributed by atoms with E-state index in [1.165, 1.54) is 65.1 Å². The normalized spacial score (nSPS) is 13.4. The molecule has 0 bridgehead atoms. The molecule has 0 N–H and O–H groups in total. The first-order valence-corrected chi connectivity index (χ1v) is 21.9. The summed E-state index contributed by atoms with van der Waals surface area (Å²) in [6, 6.07) is 67.5. The van der Waals surface area contributed by atoms with Crippen molar-refractivity contribution in [3.63, 3.8) is 0 Å². The molecule has 1 aliphatic heterocycles. The van der Waals surface area contributed by atoms with Crippen molar-refractivity contribution in [3.05, 3.63) is 199 Å². The predicted octanol–water partition coefficient (Wildman–Crippen LogP) is 14.4. The average molecular weight is 812 g/mol. The molecule has 62 heavy (non-hydrogen) atoms. The van der Waals surface area contributed by atoms with E-state index in [1.54, 1.807) is 0 Å². The van der Waals surface area contributed by atoms with E-state index in [-0.39, 0.29) is 5.41 Å². The third kappa shape index (κ3) is 5.07. The van der Waals surface area contributed by atoms with Gasteiger partial charge in [-0.3, -0.25) is 9.13 Å². The molecule has 0 fully saturated rings. The van der Waals surface area contributed by atoms with Gasteiger partial charge in [0.25, 0.3) is 0 Å². The molecule has 5 nitrogen and oxygen atoms in total. The standard InChI is InChI=1S/C56H37N5S/c1-56(2)43-25-10-9-22-40(43)42-33-37(30-31-44(42)56)54-58-52(34-16-5-3-6-17-34)57-53(59-54)36-19-13-18-35(32-36)39-23-14-27-46-49(39)50-41-24-15-29-48-51(41)61(45-26-11-12-28-47(45)62-48)55(50)60(46)38-20-7-4-8-21-38/h3-33H,1-2H3. The van der Waals surface area contributed by atoms with Crippen LogP contribution in [0.1, 0.15) is 25.0 Å². The molecule has 8 aromatic carbocycles. The highest BCUT2D eigenvalue weighted by Gasteiger charge is 2.35. The van der Waals surface area contributed by atoms with Crippen LogP contribution in [0.15, 0.2) is 198 Å². The van der Waals surface area contributed by atoms with E-state index in [1.807, 2.05) is 30.0 Å². The van der Waals surface area contributed by atoms with Gasteiger partial charge in [0.2, 0.25) is 0 Å². The number of hydrogen-bond acceptors (Lipinski definition) is 4. The van der Waals surface area contributed by atoms with Crippen LogP contribution < -0.4 is 0 Å². The second kappa shape index (κ2) is 13.2. The van der Waals surface area contributed by atoms with E-state index in [2.05, 4.69) is 193 Å². The Balaban J connectivity index is 1.03. The lowest BCUT2D eigenvalue weighted by Crippen LogP contribution is -2.14. The highest BCUT2D eigenvalue weighted by Crippen LogP contribution is 2.52. The summed E-state index contributed by atoms with van der Waals surface area (Å²) >= 11 is 1.85. The maximum Gasteiger partial charge on any atom is 0.164 e. The van der Waals surface area contributed by atoms with Crippen LogP contribution in [-0.2, 0) is 5.41 Å². The lowest BCUT2D eigenvalue weighted by Gasteiger charge is -2.21. The molecule has 6 heteroatoms. The molecular weight excluding hydrogens is 775 g/mol.